The smallest absolute Gasteiger partial charge is 0.477 e. The molecule has 1 N–H and O–H groups in total. The van der Waals surface area contributed by atoms with Crippen molar-refractivity contribution in [3.05, 3.63) is 35.0 Å². The van der Waals surface area contributed by atoms with Crippen molar-refractivity contribution in [3.63, 3.8) is 0 Å². The van der Waals surface area contributed by atoms with Gasteiger partial charge in [-0.15, -0.1) is 13.2 Å². The summed E-state index contributed by atoms with van der Waals surface area (Å²) in [5, 5.41) is 8.94. The van der Waals surface area contributed by atoms with E-state index in [1.807, 2.05) is 0 Å². The van der Waals surface area contributed by atoms with Crippen molar-refractivity contribution < 1.29 is 27.8 Å². The van der Waals surface area contributed by atoms with E-state index in [2.05, 4.69) is 9.72 Å². The summed E-state index contributed by atoms with van der Waals surface area (Å²) >= 11 is 5.81. The molecule has 1 aromatic heterocycles. The van der Waals surface area contributed by atoms with E-state index in [0.717, 1.165) is 18.2 Å². The van der Waals surface area contributed by atoms with Crippen LogP contribution in [0.25, 0.3) is 10.9 Å². The second-order valence-corrected chi connectivity index (χ2v) is 3.93. The number of carbonyl (C=O) groups is 1. The van der Waals surface area contributed by atoms with Crippen molar-refractivity contribution >= 4 is 28.5 Å². The fourth-order valence-corrected chi connectivity index (χ4v) is 1.73. The zero-order chi connectivity index (χ0) is 14.2. The van der Waals surface area contributed by atoms with Crippen molar-refractivity contribution in [1.82, 2.24) is 4.98 Å². The number of alkyl halides is 3. The highest BCUT2D eigenvalue weighted by atomic mass is 35.5. The third kappa shape index (κ3) is 3.05. The molecule has 0 aliphatic rings. The Morgan fingerprint density at radius 3 is 2.58 bits per heavy atom. The van der Waals surface area contributed by atoms with Crippen LogP contribution in [0.1, 0.15) is 10.5 Å². The SMILES string of the molecule is O=C(O)c1cc(Cl)c2cc(OC(F)(F)F)ccc2n1. The van der Waals surface area contributed by atoms with E-state index < -0.39 is 18.1 Å². The minimum absolute atomic E-state index is 0.0185. The minimum atomic E-state index is -4.81. The van der Waals surface area contributed by atoms with Crippen molar-refractivity contribution in [3.8, 4) is 5.75 Å². The van der Waals surface area contributed by atoms with Crippen LogP contribution >= 0.6 is 11.6 Å². The van der Waals surface area contributed by atoms with Gasteiger partial charge in [0.05, 0.1) is 10.5 Å². The van der Waals surface area contributed by atoms with Crippen LogP contribution in [-0.2, 0) is 0 Å². The number of aromatic nitrogens is 1. The molecule has 1 heterocycles. The van der Waals surface area contributed by atoms with E-state index in [9.17, 15) is 18.0 Å². The summed E-state index contributed by atoms with van der Waals surface area (Å²) in [6, 6.07) is 4.34. The predicted octanol–water partition coefficient (Wildman–Crippen LogP) is 3.49. The number of halogens is 4. The van der Waals surface area contributed by atoms with Gasteiger partial charge in [0.15, 0.2) is 0 Å². The van der Waals surface area contributed by atoms with Crippen LogP contribution in [0.5, 0.6) is 5.75 Å². The predicted molar refractivity (Wildman–Crippen MR) is 60.4 cm³/mol. The van der Waals surface area contributed by atoms with Crippen molar-refractivity contribution in [2.24, 2.45) is 0 Å². The van der Waals surface area contributed by atoms with Gasteiger partial charge in [0.25, 0.3) is 0 Å². The van der Waals surface area contributed by atoms with Crippen LogP contribution in [0.15, 0.2) is 24.3 Å². The van der Waals surface area contributed by atoms with E-state index in [1.165, 1.54) is 6.07 Å². The normalized spacial score (nSPS) is 11.6. The highest BCUT2D eigenvalue weighted by Crippen LogP contribution is 2.30. The fourth-order valence-electron chi connectivity index (χ4n) is 1.47. The molecular formula is C11H5ClF3NO3. The quantitative estimate of drug-likeness (QED) is 0.920. The van der Waals surface area contributed by atoms with Gasteiger partial charge in [0, 0.05) is 5.39 Å². The lowest BCUT2D eigenvalue weighted by Crippen LogP contribution is -2.17. The number of hydrogen-bond donors (Lipinski definition) is 1. The van der Waals surface area contributed by atoms with Crippen molar-refractivity contribution in [2.75, 3.05) is 0 Å². The lowest BCUT2D eigenvalue weighted by atomic mass is 10.2. The molecule has 2 rings (SSSR count). The number of benzene rings is 1. The van der Waals surface area contributed by atoms with Gasteiger partial charge in [0.1, 0.15) is 11.4 Å². The molecule has 100 valence electrons. The van der Waals surface area contributed by atoms with E-state index in [1.54, 1.807) is 0 Å². The summed E-state index contributed by atoms with van der Waals surface area (Å²) in [5.41, 5.74) is -0.124. The molecule has 2 aromatic rings. The molecule has 0 saturated heterocycles. The molecule has 4 nitrogen and oxygen atoms in total. The van der Waals surface area contributed by atoms with Gasteiger partial charge in [0.2, 0.25) is 0 Å². The molecule has 0 bridgehead atoms. The molecule has 0 aliphatic heterocycles. The maximum absolute atomic E-state index is 12.1. The largest absolute Gasteiger partial charge is 0.573 e. The Morgan fingerprint density at radius 1 is 1.32 bits per heavy atom. The van der Waals surface area contributed by atoms with Gasteiger partial charge in [-0.1, -0.05) is 11.6 Å². The fraction of sp³-hybridized carbons (Fsp3) is 0.0909. The zero-order valence-corrected chi connectivity index (χ0v) is 9.79. The van der Waals surface area contributed by atoms with Gasteiger partial charge < -0.3 is 9.84 Å². The lowest BCUT2D eigenvalue weighted by molar-refractivity contribution is -0.274. The first-order valence-electron chi connectivity index (χ1n) is 4.85. The number of carboxylic acids is 1. The summed E-state index contributed by atoms with van der Waals surface area (Å²) in [7, 11) is 0. The lowest BCUT2D eigenvalue weighted by Gasteiger charge is -2.10. The number of aromatic carboxylic acids is 1. The van der Waals surface area contributed by atoms with Crippen LogP contribution in [0.4, 0.5) is 13.2 Å². The maximum atomic E-state index is 12.1. The van der Waals surface area contributed by atoms with Crippen LogP contribution < -0.4 is 4.74 Å². The highest BCUT2D eigenvalue weighted by molar-refractivity contribution is 6.35. The van der Waals surface area contributed by atoms with Crippen molar-refractivity contribution in [1.29, 1.82) is 0 Å². The van der Waals surface area contributed by atoms with Gasteiger partial charge in [-0.05, 0) is 24.3 Å². The molecule has 0 amide bonds. The molecule has 0 atom stereocenters. The summed E-state index contributed by atoms with van der Waals surface area (Å²) < 4.78 is 39.9. The number of carboxylic acid groups (broad SMARTS) is 1. The second-order valence-electron chi connectivity index (χ2n) is 3.52. The van der Waals surface area contributed by atoms with E-state index in [0.29, 0.717) is 0 Å². The maximum Gasteiger partial charge on any atom is 0.573 e. The standard InChI is InChI=1S/C11H5ClF3NO3/c12-7-4-9(10(17)18)16-8-2-1-5(3-6(7)8)19-11(13,14)15/h1-4H,(H,17,18). The molecular weight excluding hydrogens is 287 g/mol. The summed E-state index contributed by atoms with van der Waals surface area (Å²) in [6.07, 6.45) is -4.81. The Hall–Kier alpha value is -2.02. The number of hydrogen-bond acceptors (Lipinski definition) is 3. The van der Waals surface area contributed by atoms with Crippen LogP contribution in [-0.4, -0.2) is 22.4 Å². The van der Waals surface area contributed by atoms with E-state index in [4.69, 9.17) is 16.7 Å². The molecule has 0 unspecified atom stereocenters. The molecule has 1 aromatic carbocycles. The molecule has 0 fully saturated rings. The first-order chi connectivity index (χ1) is 8.76. The van der Waals surface area contributed by atoms with E-state index in [-0.39, 0.29) is 21.6 Å². The third-order valence-corrected chi connectivity index (χ3v) is 2.50. The summed E-state index contributed by atoms with van der Waals surface area (Å²) in [6.45, 7) is 0. The minimum Gasteiger partial charge on any atom is -0.477 e. The van der Waals surface area contributed by atoms with Gasteiger partial charge in [-0.3, -0.25) is 0 Å². The summed E-state index contributed by atoms with van der Waals surface area (Å²) in [4.78, 5) is 14.5. The summed E-state index contributed by atoms with van der Waals surface area (Å²) in [5.74, 6) is -1.73. The number of fused-ring (bicyclic) bond motifs is 1. The Balaban J connectivity index is 2.52. The molecule has 0 aliphatic carbocycles. The average molecular weight is 292 g/mol. The van der Waals surface area contributed by atoms with E-state index >= 15 is 0 Å². The van der Waals surface area contributed by atoms with Crippen molar-refractivity contribution in [2.45, 2.75) is 6.36 Å². The second kappa shape index (κ2) is 4.58. The molecule has 0 radical (unpaired) electrons. The van der Waals surface area contributed by atoms with Crippen LogP contribution in [0.2, 0.25) is 5.02 Å². The van der Waals surface area contributed by atoms with Crippen LogP contribution in [0.3, 0.4) is 0 Å². The Kier molecular flexibility index (Phi) is 3.23. The monoisotopic (exact) mass is 291 g/mol. The number of pyridine rings is 1. The first kappa shape index (κ1) is 13.4. The highest BCUT2D eigenvalue weighted by Gasteiger charge is 2.31. The van der Waals surface area contributed by atoms with Crippen LogP contribution in [0, 0.1) is 0 Å². The zero-order valence-electron chi connectivity index (χ0n) is 9.03. The molecule has 0 spiro atoms. The first-order valence-corrected chi connectivity index (χ1v) is 5.23. The number of ether oxygens (including phenoxy) is 1. The average Bonchev–Trinajstić information content (AvgIpc) is 2.27. The third-order valence-electron chi connectivity index (χ3n) is 2.18. The molecule has 8 heteroatoms. The topological polar surface area (TPSA) is 59.4 Å². The number of rotatable bonds is 2. The number of nitrogens with zero attached hydrogens (tertiary/aromatic N) is 1. The Labute approximate surface area is 109 Å². The molecule has 0 saturated carbocycles. The molecule has 19 heavy (non-hydrogen) atoms. The Morgan fingerprint density at radius 2 is 2.00 bits per heavy atom. The van der Waals surface area contributed by atoms with Gasteiger partial charge >= 0.3 is 12.3 Å². The van der Waals surface area contributed by atoms with Gasteiger partial charge in [-0.2, -0.15) is 0 Å². The Bertz CT molecular complexity index is 657. The van der Waals surface area contributed by atoms with Gasteiger partial charge in [-0.25, -0.2) is 9.78 Å².